The van der Waals surface area contributed by atoms with Gasteiger partial charge >= 0.3 is 12.6 Å². The van der Waals surface area contributed by atoms with E-state index in [0.29, 0.717) is 54.2 Å². The van der Waals surface area contributed by atoms with Crippen molar-refractivity contribution in [3.63, 3.8) is 0 Å². The van der Waals surface area contributed by atoms with Gasteiger partial charge in [-0.05, 0) is 105 Å². The maximum absolute atomic E-state index is 14.0. The predicted octanol–water partition coefficient (Wildman–Crippen LogP) is 8.29. The topological polar surface area (TPSA) is 96.4 Å². The minimum Gasteiger partial charge on any atom is -0.593 e. The average molecular weight is 767 g/mol. The van der Waals surface area contributed by atoms with E-state index in [1.165, 1.54) is 24.9 Å². The lowest BCUT2D eigenvalue weighted by Crippen LogP contribution is -2.40. The highest BCUT2D eigenvalue weighted by atomic mass is 35.5. The van der Waals surface area contributed by atoms with Crippen molar-refractivity contribution in [1.29, 1.82) is 0 Å². The lowest BCUT2D eigenvalue weighted by atomic mass is 10.0. The van der Waals surface area contributed by atoms with E-state index >= 15 is 0 Å². The number of pyridine rings is 1. The quantitative estimate of drug-likeness (QED) is 0.0937. The van der Waals surface area contributed by atoms with E-state index in [1.54, 1.807) is 36.6 Å². The van der Waals surface area contributed by atoms with Gasteiger partial charge < -0.3 is 28.4 Å². The summed E-state index contributed by atoms with van der Waals surface area (Å²) in [5, 5.41) is 0.562. The lowest BCUT2D eigenvalue weighted by molar-refractivity contribution is -0.0515. The summed E-state index contributed by atoms with van der Waals surface area (Å²) in [6, 6.07) is 9.49. The molecule has 1 aromatic heterocycles. The van der Waals surface area contributed by atoms with Gasteiger partial charge in [-0.3, -0.25) is 4.98 Å². The van der Waals surface area contributed by atoms with Crippen molar-refractivity contribution in [1.82, 2.24) is 9.88 Å². The van der Waals surface area contributed by atoms with Crippen LogP contribution in [-0.4, -0.2) is 72.7 Å². The van der Waals surface area contributed by atoms with Gasteiger partial charge in [-0.15, -0.1) is 0 Å². The van der Waals surface area contributed by atoms with E-state index in [1.807, 2.05) is 4.31 Å². The van der Waals surface area contributed by atoms with E-state index in [4.69, 9.17) is 42.1 Å². The lowest BCUT2D eigenvalue weighted by Gasteiger charge is -2.31. The monoisotopic (exact) mass is 765 g/mol. The molecule has 0 N–H and O–H groups in total. The first-order valence-electron chi connectivity index (χ1n) is 17.4. The third-order valence-electron chi connectivity index (χ3n) is 9.33. The minimum absolute atomic E-state index is 0.0608. The number of hydrogen-bond acceptors (Lipinski definition) is 9. The first-order valence-corrected chi connectivity index (χ1v) is 19.7. The summed E-state index contributed by atoms with van der Waals surface area (Å²) in [6.07, 6.45) is 11.3. The second-order valence-electron chi connectivity index (χ2n) is 13.4. The van der Waals surface area contributed by atoms with Crippen molar-refractivity contribution < 1.29 is 37.1 Å². The Kier molecular flexibility index (Phi) is 13.1. The number of ether oxygens (including phenoxy) is 4. The Labute approximate surface area is 310 Å². The highest BCUT2D eigenvalue weighted by Gasteiger charge is 2.29. The zero-order valence-corrected chi connectivity index (χ0v) is 30.9. The van der Waals surface area contributed by atoms with Crippen LogP contribution in [0.3, 0.4) is 0 Å². The molecule has 2 atom stereocenters. The third kappa shape index (κ3) is 10.8. The molecule has 9 nitrogen and oxygen atoms in total. The van der Waals surface area contributed by atoms with Gasteiger partial charge in [-0.2, -0.15) is 13.1 Å². The Morgan fingerprint density at radius 3 is 2.25 bits per heavy atom. The summed E-state index contributed by atoms with van der Waals surface area (Å²) in [4.78, 5) is 20.4. The Morgan fingerprint density at radius 2 is 1.63 bits per heavy atom. The Balaban J connectivity index is 1.28. The largest absolute Gasteiger partial charge is 0.593 e. The van der Waals surface area contributed by atoms with E-state index in [0.717, 1.165) is 58.2 Å². The molecule has 2 saturated carbocycles. The SMILES string of the molecule is C[S+]([O-])N(CCN1CCCCC1)c1ccc(C(=O)OC(Cc2c(Cl)cncc2Cl)c2ccc(OC(F)F)c(OCC3CC3)c2)cc1OCC1CC1. The number of hydrogen-bond donors (Lipinski definition) is 0. The number of benzene rings is 2. The number of halogens is 4. The summed E-state index contributed by atoms with van der Waals surface area (Å²) in [6.45, 7) is 1.13. The smallest absolute Gasteiger partial charge is 0.387 e. The molecule has 0 radical (unpaired) electrons. The molecule has 2 heterocycles. The number of anilines is 1. The van der Waals surface area contributed by atoms with Gasteiger partial charge in [-0.25, -0.2) is 4.79 Å². The molecule has 0 amide bonds. The molecular formula is C37H43Cl2F2N3O6S. The number of carbonyl (C=O) groups is 1. The van der Waals surface area contributed by atoms with E-state index in [2.05, 4.69) is 9.88 Å². The van der Waals surface area contributed by atoms with Crippen molar-refractivity contribution in [3.8, 4) is 17.2 Å². The molecule has 3 fully saturated rings. The van der Waals surface area contributed by atoms with Crippen LogP contribution in [0.2, 0.25) is 10.0 Å². The maximum atomic E-state index is 14.0. The van der Waals surface area contributed by atoms with Gasteiger partial charge in [0, 0.05) is 25.4 Å². The molecule has 3 aliphatic rings. The first-order chi connectivity index (χ1) is 24.6. The molecule has 0 bridgehead atoms. The maximum Gasteiger partial charge on any atom is 0.387 e. The fraction of sp³-hybridized carbons (Fsp3) is 0.514. The van der Waals surface area contributed by atoms with Crippen LogP contribution in [-0.2, 0) is 22.5 Å². The van der Waals surface area contributed by atoms with Crippen molar-refractivity contribution in [2.45, 2.75) is 64.1 Å². The van der Waals surface area contributed by atoms with Crippen LogP contribution in [0.5, 0.6) is 17.2 Å². The summed E-state index contributed by atoms with van der Waals surface area (Å²) in [7, 11) is 0. The van der Waals surface area contributed by atoms with Gasteiger partial charge in [0.2, 0.25) is 0 Å². The number of likely N-dealkylation sites (tertiary alicyclic amines) is 1. The number of carbonyl (C=O) groups excluding carboxylic acids is 1. The predicted molar refractivity (Wildman–Crippen MR) is 194 cm³/mol. The van der Waals surface area contributed by atoms with Crippen LogP contribution in [0.25, 0.3) is 0 Å². The molecule has 1 aliphatic heterocycles. The summed E-state index contributed by atoms with van der Waals surface area (Å²) >= 11 is 11.6. The van der Waals surface area contributed by atoms with Crippen LogP contribution in [0.1, 0.15) is 72.5 Å². The molecule has 2 aromatic carbocycles. The van der Waals surface area contributed by atoms with E-state index in [9.17, 15) is 18.1 Å². The molecule has 14 heteroatoms. The molecule has 2 unspecified atom stereocenters. The van der Waals surface area contributed by atoms with Crippen molar-refractivity contribution in [2.24, 2.45) is 11.8 Å². The summed E-state index contributed by atoms with van der Waals surface area (Å²) < 4.78 is 64.5. The number of alkyl halides is 2. The Bertz CT molecular complexity index is 1620. The number of esters is 1. The van der Waals surface area contributed by atoms with Crippen LogP contribution in [0.4, 0.5) is 14.5 Å². The van der Waals surface area contributed by atoms with Crippen molar-refractivity contribution in [3.05, 3.63) is 75.5 Å². The van der Waals surface area contributed by atoms with Crippen molar-refractivity contribution >= 4 is 46.2 Å². The zero-order chi connectivity index (χ0) is 35.9. The van der Waals surface area contributed by atoms with Crippen LogP contribution >= 0.6 is 23.2 Å². The molecule has 1 saturated heterocycles. The number of nitrogens with zero attached hydrogens (tertiary/aromatic N) is 3. The van der Waals surface area contributed by atoms with E-state index in [-0.39, 0.29) is 33.5 Å². The van der Waals surface area contributed by atoms with Gasteiger partial charge in [0.1, 0.15) is 23.8 Å². The molecule has 0 spiro atoms. The molecule has 6 rings (SSSR count). The Morgan fingerprint density at radius 1 is 0.961 bits per heavy atom. The fourth-order valence-corrected chi connectivity index (χ4v) is 7.31. The summed E-state index contributed by atoms with van der Waals surface area (Å²) in [5.74, 6) is 0.577. The Hall–Kier alpha value is -3.03. The second kappa shape index (κ2) is 17.7. The molecule has 276 valence electrons. The normalized spacial score (nSPS) is 17.5. The van der Waals surface area contributed by atoms with E-state index < -0.39 is 30.0 Å². The number of piperidine rings is 1. The fourth-order valence-electron chi connectivity index (χ4n) is 6.02. The highest BCUT2D eigenvalue weighted by molar-refractivity contribution is 7.92. The average Bonchev–Trinajstić information content (AvgIpc) is 4.05. The van der Waals surface area contributed by atoms with Gasteiger partial charge in [0.15, 0.2) is 11.5 Å². The molecule has 2 aliphatic carbocycles. The van der Waals surface area contributed by atoms with Crippen LogP contribution in [0, 0.1) is 11.8 Å². The van der Waals surface area contributed by atoms with Gasteiger partial charge in [0.05, 0.1) is 46.7 Å². The highest BCUT2D eigenvalue weighted by Crippen LogP contribution is 2.39. The molecule has 51 heavy (non-hydrogen) atoms. The second-order valence-corrected chi connectivity index (χ2v) is 15.5. The van der Waals surface area contributed by atoms with Crippen molar-refractivity contribution in [2.75, 3.05) is 50.0 Å². The zero-order valence-electron chi connectivity index (χ0n) is 28.5. The van der Waals surface area contributed by atoms with Crippen LogP contribution in [0.15, 0.2) is 48.8 Å². The van der Waals surface area contributed by atoms with Crippen LogP contribution < -0.4 is 18.5 Å². The van der Waals surface area contributed by atoms with Gasteiger partial charge in [-0.1, -0.05) is 35.7 Å². The molecular weight excluding hydrogens is 723 g/mol. The number of aromatic nitrogens is 1. The minimum atomic E-state index is -3.05. The summed E-state index contributed by atoms with van der Waals surface area (Å²) in [5.41, 5.74) is 1.83. The van der Waals surface area contributed by atoms with Gasteiger partial charge in [0.25, 0.3) is 0 Å². The standard InChI is InChI=1S/C37H43Cl2F2N3O6S/c1-51(46)44(16-15-43-13-3-2-4-14-43)31-11-9-27(18-34(31)47-22-24-5-6-24)36(45)49-33(19-28-29(38)20-42-21-30(28)39)26-10-12-32(50-37(40)41)35(17-26)48-23-25-7-8-25/h9-12,17-18,20-21,24-25,33,37H,2-8,13-16,19,22-23H2,1H3. The molecule has 3 aromatic rings. The third-order valence-corrected chi connectivity index (χ3v) is 11.0. The number of rotatable bonds is 18. The first kappa shape index (κ1) is 37.7.